The SMILES string of the molecule is CCn1c(C(=O)N2CCCC2)nc2c(N3CCOCC3)nc(-c3cccc(/C(N)=C/C=NC)c3)nc21. The lowest BCUT2D eigenvalue weighted by Crippen LogP contribution is -2.37. The molecule has 0 bridgehead atoms. The van der Waals surface area contributed by atoms with Gasteiger partial charge in [0, 0.05) is 57.2 Å². The van der Waals surface area contributed by atoms with Crippen molar-refractivity contribution in [3.63, 3.8) is 0 Å². The fraction of sp³-hybridized carbons (Fsp3) is 0.423. The van der Waals surface area contributed by atoms with Crippen LogP contribution >= 0.6 is 0 Å². The third-order valence-corrected chi connectivity index (χ3v) is 6.64. The minimum Gasteiger partial charge on any atom is -0.398 e. The lowest BCUT2D eigenvalue weighted by Gasteiger charge is -2.28. The molecular formula is C26H32N8O2. The Bertz CT molecular complexity index is 1320. The van der Waals surface area contributed by atoms with E-state index in [0.717, 1.165) is 42.9 Å². The molecule has 1 amide bonds. The van der Waals surface area contributed by atoms with Gasteiger partial charge in [-0.1, -0.05) is 18.2 Å². The highest BCUT2D eigenvalue weighted by molar-refractivity contribution is 5.97. The van der Waals surface area contributed by atoms with Crippen molar-refractivity contribution in [2.75, 3.05) is 51.3 Å². The second-order valence-electron chi connectivity index (χ2n) is 8.93. The largest absolute Gasteiger partial charge is 0.398 e. The number of rotatable bonds is 6. The number of carbonyl (C=O) groups is 1. The Morgan fingerprint density at radius 1 is 1.14 bits per heavy atom. The first kappa shape index (κ1) is 23.9. The Morgan fingerprint density at radius 2 is 1.92 bits per heavy atom. The monoisotopic (exact) mass is 488 g/mol. The summed E-state index contributed by atoms with van der Waals surface area (Å²) in [5.74, 6) is 1.68. The van der Waals surface area contributed by atoms with Crippen LogP contribution in [0, 0.1) is 0 Å². The number of carbonyl (C=O) groups excluding carboxylic acids is 1. The molecule has 2 aromatic heterocycles. The van der Waals surface area contributed by atoms with E-state index in [1.165, 1.54) is 0 Å². The van der Waals surface area contributed by atoms with Crippen LogP contribution in [0.25, 0.3) is 28.2 Å². The summed E-state index contributed by atoms with van der Waals surface area (Å²) in [5.41, 5.74) is 9.88. The van der Waals surface area contributed by atoms with Gasteiger partial charge in [0.05, 0.1) is 13.2 Å². The maximum atomic E-state index is 13.4. The highest BCUT2D eigenvalue weighted by Gasteiger charge is 2.29. The van der Waals surface area contributed by atoms with Gasteiger partial charge >= 0.3 is 0 Å². The molecule has 2 aliphatic heterocycles. The van der Waals surface area contributed by atoms with Crippen LogP contribution in [0.2, 0.25) is 0 Å². The Labute approximate surface area is 210 Å². The molecule has 2 fully saturated rings. The molecule has 0 spiro atoms. The summed E-state index contributed by atoms with van der Waals surface area (Å²) in [4.78, 5) is 36.2. The van der Waals surface area contributed by atoms with Crippen molar-refractivity contribution in [3.8, 4) is 11.4 Å². The quantitative estimate of drug-likeness (QED) is 0.530. The molecule has 0 saturated carbocycles. The highest BCUT2D eigenvalue weighted by atomic mass is 16.5. The first-order chi connectivity index (χ1) is 17.6. The minimum absolute atomic E-state index is 0.0423. The van der Waals surface area contributed by atoms with E-state index < -0.39 is 0 Å². The zero-order chi connectivity index (χ0) is 25.1. The van der Waals surface area contributed by atoms with Crippen LogP contribution in [0.5, 0.6) is 0 Å². The van der Waals surface area contributed by atoms with Gasteiger partial charge in [-0.05, 0) is 37.5 Å². The highest BCUT2D eigenvalue weighted by Crippen LogP contribution is 2.30. The number of hydrogen-bond acceptors (Lipinski definition) is 8. The van der Waals surface area contributed by atoms with Crippen LogP contribution in [0.3, 0.4) is 0 Å². The summed E-state index contributed by atoms with van der Waals surface area (Å²) in [6.07, 6.45) is 5.49. The number of aliphatic imine (C=N–C) groups is 1. The molecule has 0 radical (unpaired) electrons. The number of imidazole rings is 1. The smallest absolute Gasteiger partial charge is 0.289 e. The van der Waals surface area contributed by atoms with Crippen LogP contribution in [0.4, 0.5) is 5.82 Å². The number of likely N-dealkylation sites (tertiary alicyclic amines) is 1. The molecule has 188 valence electrons. The van der Waals surface area contributed by atoms with E-state index in [4.69, 9.17) is 25.4 Å². The molecular weight excluding hydrogens is 456 g/mol. The fourth-order valence-corrected chi connectivity index (χ4v) is 4.72. The van der Waals surface area contributed by atoms with Crippen molar-refractivity contribution < 1.29 is 9.53 Å². The number of aromatic nitrogens is 4. The molecule has 36 heavy (non-hydrogen) atoms. The molecule has 10 nitrogen and oxygen atoms in total. The third-order valence-electron chi connectivity index (χ3n) is 6.64. The van der Waals surface area contributed by atoms with Gasteiger partial charge in [-0.2, -0.15) is 0 Å². The van der Waals surface area contributed by atoms with E-state index in [1.807, 2.05) is 40.7 Å². The number of fused-ring (bicyclic) bond motifs is 1. The number of amides is 1. The summed E-state index contributed by atoms with van der Waals surface area (Å²) in [6, 6.07) is 7.83. The predicted octanol–water partition coefficient (Wildman–Crippen LogP) is 2.59. The first-order valence-corrected chi connectivity index (χ1v) is 12.5. The van der Waals surface area contributed by atoms with E-state index in [1.54, 1.807) is 19.3 Å². The number of ether oxygens (including phenoxy) is 1. The van der Waals surface area contributed by atoms with Crippen LogP contribution in [-0.4, -0.2) is 83.0 Å². The molecule has 2 saturated heterocycles. The van der Waals surface area contributed by atoms with Gasteiger partial charge in [-0.3, -0.25) is 9.79 Å². The zero-order valence-corrected chi connectivity index (χ0v) is 20.9. The second-order valence-corrected chi connectivity index (χ2v) is 8.93. The summed E-state index contributed by atoms with van der Waals surface area (Å²) in [7, 11) is 1.70. The van der Waals surface area contributed by atoms with Crippen LogP contribution in [0.1, 0.15) is 35.9 Å². The maximum absolute atomic E-state index is 13.4. The zero-order valence-electron chi connectivity index (χ0n) is 20.9. The summed E-state index contributed by atoms with van der Waals surface area (Å²) in [5, 5.41) is 0. The number of nitrogens with zero attached hydrogens (tertiary/aromatic N) is 7. The normalized spacial score (nSPS) is 17.0. The van der Waals surface area contributed by atoms with Crippen LogP contribution < -0.4 is 10.6 Å². The molecule has 2 N–H and O–H groups in total. The molecule has 1 aromatic carbocycles. The van der Waals surface area contributed by atoms with Crippen molar-refractivity contribution in [3.05, 3.63) is 41.7 Å². The number of anilines is 1. The molecule has 10 heteroatoms. The van der Waals surface area contributed by atoms with Crippen molar-refractivity contribution >= 4 is 34.8 Å². The van der Waals surface area contributed by atoms with Gasteiger partial charge < -0.3 is 24.8 Å². The Morgan fingerprint density at radius 3 is 2.64 bits per heavy atom. The minimum atomic E-state index is -0.0423. The summed E-state index contributed by atoms with van der Waals surface area (Å²) in [6.45, 7) is 6.76. The van der Waals surface area contributed by atoms with Gasteiger partial charge in [-0.25, -0.2) is 15.0 Å². The first-order valence-electron chi connectivity index (χ1n) is 12.5. The molecule has 0 atom stereocenters. The standard InChI is InChI=1S/C26H32N8O2/c1-3-34-24-21(29-25(34)26(35)33-11-4-5-12-33)23(32-13-15-36-16-14-32)30-22(31-24)19-8-6-7-18(17-19)20(27)9-10-28-2/h6-10,17H,3-5,11-16,27H2,1-2H3/b20-9-,28-10?. The fourth-order valence-electron chi connectivity index (χ4n) is 4.72. The number of nitrogens with two attached hydrogens (primary N) is 1. The van der Waals surface area contributed by atoms with Crippen molar-refractivity contribution in [2.45, 2.75) is 26.3 Å². The second kappa shape index (κ2) is 10.4. The number of morpholine rings is 1. The Hall–Kier alpha value is -3.79. The number of allylic oxidation sites excluding steroid dienone is 1. The summed E-state index contributed by atoms with van der Waals surface area (Å²) < 4.78 is 7.49. The van der Waals surface area contributed by atoms with Gasteiger partial charge in [0.2, 0.25) is 5.82 Å². The van der Waals surface area contributed by atoms with Crippen molar-refractivity contribution in [1.82, 2.24) is 24.4 Å². The van der Waals surface area contributed by atoms with E-state index in [9.17, 15) is 4.79 Å². The average molecular weight is 489 g/mol. The average Bonchev–Trinajstić information content (AvgIpc) is 3.59. The molecule has 3 aromatic rings. The van der Waals surface area contributed by atoms with Crippen LogP contribution in [-0.2, 0) is 11.3 Å². The van der Waals surface area contributed by atoms with Crippen molar-refractivity contribution in [1.29, 1.82) is 0 Å². The van der Waals surface area contributed by atoms with E-state index >= 15 is 0 Å². The van der Waals surface area contributed by atoms with E-state index in [-0.39, 0.29) is 5.91 Å². The number of benzene rings is 1. The molecule has 5 rings (SSSR count). The molecule has 2 aliphatic rings. The van der Waals surface area contributed by atoms with Gasteiger partial charge in [-0.15, -0.1) is 0 Å². The van der Waals surface area contributed by atoms with Gasteiger partial charge in [0.25, 0.3) is 5.91 Å². The summed E-state index contributed by atoms with van der Waals surface area (Å²) >= 11 is 0. The van der Waals surface area contributed by atoms with Crippen LogP contribution in [0.15, 0.2) is 35.3 Å². The lowest BCUT2D eigenvalue weighted by molar-refractivity contribution is 0.0776. The molecule has 4 heterocycles. The molecule has 0 unspecified atom stereocenters. The topological polar surface area (TPSA) is 115 Å². The van der Waals surface area contributed by atoms with Gasteiger partial charge in [0.1, 0.15) is 0 Å². The maximum Gasteiger partial charge on any atom is 0.289 e. The Kier molecular flexibility index (Phi) is 6.95. The van der Waals surface area contributed by atoms with E-state index in [2.05, 4.69) is 9.89 Å². The number of hydrogen-bond donors (Lipinski definition) is 1. The lowest BCUT2D eigenvalue weighted by atomic mass is 10.1. The van der Waals surface area contributed by atoms with Gasteiger partial charge in [0.15, 0.2) is 22.8 Å². The number of aryl methyl sites for hydroxylation is 1. The van der Waals surface area contributed by atoms with E-state index in [0.29, 0.717) is 61.4 Å². The third kappa shape index (κ3) is 4.56. The predicted molar refractivity (Wildman–Crippen MR) is 141 cm³/mol. The molecule has 0 aliphatic carbocycles. The van der Waals surface area contributed by atoms with Crippen molar-refractivity contribution in [2.24, 2.45) is 10.7 Å². The Balaban J connectivity index is 1.66.